The van der Waals surface area contributed by atoms with Gasteiger partial charge in [0, 0.05) is 11.7 Å². The highest BCUT2D eigenvalue weighted by Crippen LogP contribution is 2.30. The van der Waals surface area contributed by atoms with Gasteiger partial charge >= 0.3 is 0 Å². The van der Waals surface area contributed by atoms with Gasteiger partial charge in [0.15, 0.2) is 0 Å². The Labute approximate surface area is 123 Å². The zero-order chi connectivity index (χ0) is 15.3. The quantitative estimate of drug-likeness (QED) is 0.833. The molecule has 1 heterocycles. The molecule has 1 atom stereocenters. The van der Waals surface area contributed by atoms with Crippen LogP contribution in [0, 0.1) is 0 Å². The highest BCUT2D eigenvalue weighted by atomic mass is 16.5. The van der Waals surface area contributed by atoms with Crippen molar-refractivity contribution in [2.24, 2.45) is 0 Å². The van der Waals surface area contributed by atoms with E-state index in [1.165, 1.54) is 0 Å². The van der Waals surface area contributed by atoms with E-state index in [0.29, 0.717) is 0 Å². The molecule has 1 N–H and O–H groups in total. The van der Waals surface area contributed by atoms with Crippen molar-refractivity contribution in [3.8, 4) is 5.75 Å². The van der Waals surface area contributed by atoms with Gasteiger partial charge in [-0.1, -0.05) is 6.92 Å². The van der Waals surface area contributed by atoms with Gasteiger partial charge in [-0.3, -0.25) is 4.98 Å². The molecule has 0 radical (unpaired) electrons. The summed E-state index contributed by atoms with van der Waals surface area (Å²) in [6.45, 7) is 11.6. The first-order valence-corrected chi connectivity index (χ1v) is 7.31. The molecule has 4 nitrogen and oxygen atoms in total. The van der Waals surface area contributed by atoms with Crippen LogP contribution in [-0.4, -0.2) is 42.2 Å². The van der Waals surface area contributed by atoms with Crippen molar-refractivity contribution in [1.29, 1.82) is 0 Å². The van der Waals surface area contributed by atoms with Crippen molar-refractivity contribution in [2.45, 2.75) is 52.3 Å². The summed E-state index contributed by atoms with van der Waals surface area (Å²) in [5, 5.41) is 3.56. The number of likely N-dealkylation sites (N-methyl/N-ethyl adjacent to an activating group) is 2. The summed E-state index contributed by atoms with van der Waals surface area (Å²) in [4.78, 5) is 6.56. The number of nitrogens with one attached hydrogen (secondary N) is 1. The molecule has 1 rings (SSSR count). The molecule has 0 aliphatic rings. The average Bonchev–Trinajstić information content (AvgIpc) is 2.35. The second-order valence-corrected chi connectivity index (χ2v) is 6.16. The summed E-state index contributed by atoms with van der Waals surface area (Å²) in [5.74, 6) is 0.829. The van der Waals surface area contributed by atoms with Gasteiger partial charge in [0.05, 0.1) is 18.3 Å². The predicted molar refractivity (Wildman–Crippen MR) is 84.2 cm³/mol. The summed E-state index contributed by atoms with van der Waals surface area (Å²) < 4.78 is 5.75. The molecule has 0 bridgehead atoms. The van der Waals surface area contributed by atoms with Crippen molar-refractivity contribution >= 4 is 0 Å². The second-order valence-electron chi connectivity index (χ2n) is 6.16. The van der Waals surface area contributed by atoms with E-state index in [-0.39, 0.29) is 17.7 Å². The third-order valence-electron chi connectivity index (χ3n) is 3.71. The smallest absolute Gasteiger partial charge is 0.138 e. The van der Waals surface area contributed by atoms with Crippen LogP contribution in [0.3, 0.4) is 0 Å². The molecule has 0 fully saturated rings. The molecule has 20 heavy (non-hydrogen) atoms. The van der Waals surface area contributed by atoms with Gasteiger partial charge in [0.25, 0.3) is 0 Å². The number of hydrogen-bond donors (Lipinski definition) is 1. The Balaban J connectivity index is 3.09. The number of rotatable bonds is 7. The highest BCUT2D eigenvalue weighted by molar-refractivity contribution is 5.28. The van der Waals surface area contributed by atoms with Crippen molar-refractivity contribution < 1.29 is 4.74 Å². The lowest BCUT2D eigenvalue weighted by molar-refractivity contribution is 0.138. The molecule has 114 valence electrons. The molecule has 0 spiro atoms. The average molecular weight is 279 g/mol. The van der Waals surface area contributed by atoms with Crippen LogP contribution in [0.4, 0.5) is 0 Å². The first-order chi connectivity index (χ1) is 9.28. The van der Waals surface area contributed by atoms with Gasteiger partial charge in [-0.15, -0.1) is 0 Å². The van der Waals surface area contributed by atoms with Crippen LogP contribution < -0.4 is 10.1 Å². The molecule has 4 heteroatoms. The SMILES string of the molecule is CCNC(c1cncc(OC(C)C)c1)C(C)(C)N(C)C. The van der Waals surface area contributed by atoms with Gasteiger partial charge < -0.3 is 15.0 Å². The fourth-order valence-electron chi connectivity index (χ4n) is 2.17. The zero-order valence-electron chi connectivity index (χ0n) is 13.9. The van der Waals surface area contributed by atoms with Crippen LogP contribution >= 0.6 is 0 Å². The number of aromatic nitrogens is 1. The number of nitrogens with zero attached hydrogens (tertiary/aromatic N) is 2. The molecule has 0 aromatic carbocycles. The largest absolute Gasteiger partial charge is 0.489 e. The Kier molecular flexibility index (Phi) is 5.96. The van der Waals surface area contributed by atoms with Crippen LogP contribution in [0.1, 0.15) is 46.2 Å². The number of hydrogen-bond acceptors (Lipinski definition) is 4. The van der Waals surface area contributed by atoms with E-state index in [1.54, 1.807) is 6.20 Å². The fraction of sp³-hybridized carbons (Fsp3) is 0.688. The van der Waals surface area contributed by atoms with Crippen molar-refractivity contribution in [3.05, 3.63) is 24.0 Å². The Hall–Kier alpha value is -1.13. The first-order valence-electron chi connectivity index (χ1n) is 7.31. The molecule has 0 saturated heterocycles. The monoisotopic (exact) mass is 279 g/mol. The minimum absolute atomic E-state index is 0.0197. The van der Waals surface area contributed by atoms with Crippen molar-refractivity contribution in [3.63, 3.8) is 0 Å². The number of ether oxygens (including phenoxy) is 1. The van der Waals surface area contributed by atoms with Gasteiger partial charge in [-0.05, 0) is 60.0 Å². The van der Waals surface area contributed by atoms with Crippen LogP contribution in [0.5, 0.6) is 5.75 Å². The zero-order valence-corrected chi connectivity index (χ0v) is 13.9. The van der Waals surface area contributed by atoms with Gasteiger partial charge in [0.2, 0.25) is 0 Å². The predicted octanol–water partition coefficient (Wildman–Crippen LogP) is 2.86. The number of pyridine rings is 1. The Morgan fingerprint density at radius 2 is 1.95 bits per heavy atom. The summed E-state index contributed by atoms with van der Waals surface area (Å²) in [6, 6.07) is 2.29. The lowest BCUT2D eigenvalue weighted by Gasteiger charge is -2.40. The van der Waals surface area contributed by atoms with E-state index in [1.807, 2.05) is 20.0 Å². The van der Waals surface area contributed by atoms with E-state index >= 15 is 0 Å². The summed E-state index contributed by atoms with van der Waals surface area (Å²) in [6.07, 6.45) is 3.85. The van der Waals surface area contributed by atoms with Crippen molar-refractivity contribution in [2.75, 3.05) is 20.6 Å². The molecule has 1 aromatic heterocycles. The summed E-state index contributed by atoms with van der Waals surface area (Å²) >= 11 is 0. The summed E-state index contributed by atoms with van der Waals surface area (Å²) in [5.41, 5.74) is 1.14. The molecule has 0 aliphatic carbocycles. The Morgan fingerprint density at radius 3 is 2.45 bits per heavy atom. The molecule has 0 amide bonds. The van der Waals surface area contributed by atoms with Crippen LogP contribution in [0.25, 0.3) is 0 Å². The first kappa shape index (κ1) is 16.9. The minimum Gasteiger partial charge on any atom is -0.489 e. The van der Waals surface area contributed by atoms with E-state index in [9.17, 15) is 0 Å². The molecule has 0 saturated carbocycles. The van der Waals surface area contributed by atoms with Crippen molar-refractivity contribution in [1.82, 2.24) is 15.2 Å². The molecule has 0 aliphatic heterocycles. The second kappa shape index (κ2) is 7.04. The maximum atomic E-state index is 5.75. The molecule has 1 aromatic rings. The Bertz CT molecular complexity index is 416. The Morgan fingerprint density at radius 1 is 1.30 bits per heavy atom. The van der Waals surface area contributed by atoms with Gasteiger partial charge in [-0.25, -0.2) is 0 Å². The summed E-state index contributed by atoms with van der Waals surface area (Å²) in [7, 11) is 4.21. The maximum absolute atomic E-state index is 5.75. The van der Waals surface area contributed by atoms with Gasteiger partial charge in [-0.2, -0.15) is 0 Å². The third kappa shape index (κ3) is 4.18. The van der Waals surface area contributed by atoms with E-state index in [2.05, 4.69) is 56.1 Å². The van der Waals surface area contributed by atoms with E-state index in [4.69, 9.17) is 4.74 Å². The maximum Gasteiger partial charge on any atom is 0.138 e. The van der Waals surface area contributed by atoms with Crippen LogP contribution in [0.15, 0.2) is 18.5 Å². The minimum atomic E-state index is -0.0197. The third-order valence-corrected chi connectivity index (χ3v) is 3.71. The van der Waals surface area contributed by atoms with E-state index < -0.39 is 0 Å². The molecular formula is C16H29N3O. The lowest BCUT2D eigenvalue weighted by Crippen LogP contribution is -2.49. The topological polar surface area (TPSA) is 37.4 Å². The molecule has 1 unspecified atom stereocenters. The lowest BCUT2D eigenvalue weighted by atomic mass is 9.88. The van der Waals surface area contributed by atoms with Crippen LogP contribution in [0.2, 0.25) is 0 Å². The van der Waals surface area contributed by atoms with E-state index in [0.717, 1.165) is 17.9 Å². The fourth-order valence-corrected chi connectivity index (χ4v) is 2.17. The van der Waals surface area contributed by atoms with Crippen LogP contribution in [-0.2, 0) is 0 Å². The normalized spacial score (nSPS) is 13.8. The van der Waals surface area contributed by atoms with Gasteiger partial charge in [0.1, 0.15) is 5.75 Å². The highest BCUT2D eigenvalue weighted by Gasteiger charge is 2.32. The standard InChI is InChI=1S/C16H29N3O/c1-8-18-15(16(4,5)19(6)7)13-9-14(11-17-10-13)20-12(2)3/h9-12,15,18H,8H2,1-7H3. The molecular weight excluding hydrogens is 250 g/mol.